The maximum absolute atomic E-state index is 10.2. The average molecular weight is 985 g/mol. The standard InChI is InChI=1S/C5H11N3O3.3C5H10N2O3.C5H11NO2S.C5H9NO2.C3H7NO2S/c6-4(9)2-1-3(8-7)5(10)11;3*6-3(5(9)10)1-2-4(7)8;1-9-3-2-4(6)5(7)8;7-5(8)4-2-1-3-6-4;4-2(1-7)3(5)6/h3,8H,1-2,7H2,(H2,6,9)(H,10,11);3*3H,1-2,6H2,(H2,7,8)(H,9,10);4H,2-3,6H2,1H3,(H,7,8);4,6H,1-3H2,(H,7,8);2,7H,1,4H2,(H,5,6)/t4*3-;2*4-;2-/m0000000/s1. The largest absolute Gasteiger partial charge is 0.480 e. The van der Waals surface area contributed by atoms with Crippen LogP contribution in [0.5, 0.6) is 0 Å². The van der Waals surface area contributed by atoms with Gasteiger partial charge in [0.15, 0.2) is 0 Å². The maximum Gasteiger partial charge on any atom is 0.322 e. The van der Waals surface area contributed by atoms with Crippen LogP contribution in [0.4, 0.5) is 0 Å². The van der Waals surface area contributed by atoms with Crippen LogP contribution in [0.15, 0.2) is 0 Å². The predicted molar refractivity (Wildman–Crippen MR) is 236 cm³/mol. The first-order chi connectivity index (χ1) is 29.9. The smallest absolute Gasteiger partial charge is 0.322 e. The highest BCUT2D eigenvalue weighted by Crippen LogP contribution is 2.03. The van der Waals surface area contributed by atoms with Crippen molar-refractivity contribution >= 4 is 89.8 Å². The van der Waals surface area contributed by atoms with E-state index in [1.54, 1.807) is 11.8 Å². The van der Waals surface area contributed by atoms with E-state index in [9.17, 15) is 52.7 Å². The fourth-order valence-electron chi connectivity index (χ4n) is 3.17. The minimum atomic E-state index is -1.11. The van der Waals surface area contributed by atoms with Gasteiger partial charge in [-0.3, -0.25) is 58.6 Å². The lowest BCUT2D eigenvalue weighted by Crippen LogP contribution is -2.41. The van der Waals surface area contributed by atoms with E-state index >= 15 is 0 Å². The summed E-state index contributed by atoms with van der Waals surface area (Å²) in [6.45, 7) is 0.858. The van der Waals surface area contributed by atoms with Crippen LogP contribution in [0.1, 0.15) is 70.6 Å². The van der Waals surface area contributed by atoms with Gasteiger partial charge in [-0.1, -0.05) is 0 Å². The Balaban J connectivity index is -0.000000157. The van der Waals surface area contributed by atoms with E-state index in [0.717, 1.165) is 25.1 Å². The second-order valence-corrected chi connectivity index (χ2v) is 14.1. The third-order valence-corrected chi connectivity index (χ3v) is 8.10. The van der Waals surface area contributed by atoms with Crippen molar-refractivity contribution in [3.63, 3.8) is 0 Å². The first-order valence-electron chi connectivity index (χ1n) is 18.7. The number of carbonyl (C=O) groups is 11. The number of rotatable bonds is 24. The molecule has 1 aliphatic heterocycles. The number of hydrogen-bond acceptors (Lipinski definition) is 21. The predicted octanol–water partition coefficient (Wildman–Crippen LogP) is -6.54. The molecule has 1 rings (SSSR count). The Morgan fingerprint density at radius 2 is 0.862 bits per heavy atom. The summed E-state index contributed by atoms with van der Waals surface area (Å²) >= 11 is 5.25. The monoisotopic (exact) mass is 984 g/mol. The number of hydrogen-bond donors (Lipinski definition) is 20. The van der Waals surface area contributed by atoms with E-state index in [1.165, 1.54) is 0 Å². The van der Waals surface area contributed by atoms with Crippen LogP contribution in [-0.4, -0.2) is 168 Å². The number of amides is 4. The topological polar surface area (TPSA) is 614 Å². The Morgan fingerprint density at radius 1 is 0.554 bits per heavy atom. The van der Waals surface area contributed by atoms with Crippen molar-refractivity contribution in [3.05, 3.63) is 0 Å². The molecule has 0 aromatic rings. The molecule has 0 unspecified atom stereocenters. The molecule has 7 atom stereocenters. The average Bonchev–Trinajstić information content (AvgIpc) is 3.77. The van der Waals surface area contributed by atoms with Crippen molar-refractivity contribution in [3.8, 4) is 0 Å². The van der Waals surface area contributed by atoms with Crippen molar-refractivity contribution in [1.29, 1.82) is 0 Å². The number of aliphatic carboxylic acids is 7. The van der Waals surface area contributed by atoms with E-state index in [4.69, 9.17) is 93.2 Å². The van der Waals surface area contributed by atoms with Crippen molar-refractivity contribution < 1.29 is 88.5 Å². The van der Waals surface area contributed by atoms with Crippen molar-refractivity contribution in [2.75, 3.05) is 24.3 Å². The quantitative estimate of drug-likeness (QED) is 0.0243. The molecule has 380 valence electrons. The molecule has 29 N–H and O–H groups in total. The molecule has 0 saturated carbocycles. The molecule has 65 heavy (non-hydrogen) atoms. The fraction of sp³-hybridized carbons (Fsp3) is 0.667. The summed E-state index contributed by atoms with van der Waals surface area (Å²) in [7, 11) is 0. The van der Waals surface area contributed by atoms with Gasteiger partial charge in [0, 0.05) is 31.4 Å². The number of primary amides is 4. The molecule has 0 radical (unpaired) electrons. The molecule has 1 fully saturated rings. The minimum Gasteiger partial charge on any atom is -0.480 e. The molecule has 0 aromatic carbocycles. The number of hydrazine groups is 1. The minimum absolute atomic E-state index is 0.0150. The Hall–Kier alpha value is -5.45. The zero-order valence-corrected chi connectivity index (χ0v) is 37.4. The zero-order chi connectivity index (χ0) is 52.4. The number of carboxylic acids is 7. The first-order valence-corrected chi connectivity index (χ1v) is 20.7. The van der Waals surface area contributed by atoms with Gasteiger partial charge in [-0.05, 0) is 63.5 Å². The summed E-state index contributed by atoms with van der Waals surface area (Å²) in [5, 5.41) is 60.5. The lowest BCUT2D eigenvalue weighted by molar-refractivity contribution is -0.140. The molecule has 30 nitrogen and oxygen atoms in total. The number of nitrogens with two attached hydrogens (primary N) is 10. The lowest BCUT2D eigenvalue weighted by atomic mass is 10.1. The Kier molecular flexibility index (Phi) is 49.4. The van der Waals surface area contributed by atoms with Gasteiger partial charge in [-0.15, -0.1) is 0 Å². The molecular formula is C33H68N12O18S2. The normalized spacial score (nSPS) is 14.6. The Labute approximate surface area is 383 Å². The van der Waals surface area contributed by atoms with Crippen LogP contribution in [0.25, 0.3) is 0 Å². The van der Waals surface area contributed by atoms with E-state index in [-0.39, 0.29) is 63.2 Å². The van der Waals surface area contributed by atoms with E-state index in [2.05, 4.69) is 17.9 Å². The number of thiol groups is 1. The van der Waals surface area contributed by atoms with Crippen LogP contribution in [0, 0.1) is 0 Å². The summed E-state index contributed by atoms with van der Waals surface area (Å²) in [6, 6.07) is -5.61. The maximum atomic E-state index is 10.2. The molecule has 4 amide bonds. The highest BCUT2D eigenvalue weighted by Gasteiger charge is 2.20. The molecule has 0 aromatic heterocycles. The fourth-order valence-corrected chi connectivity index (χ4v) is 3.82. The van der Waals surface area contributed by atoms with Gasteiger partial charge in [0.05, 0.1) is 0 Å². The summed E-state index contributed by atoms with van der Waals surface area (Å²) < 4.78 is 0. The van der Waals surface area contributed by atoms with E-state index in [1.807, 2.05) is 11.7 Å². The molecule has 1 heterocycles. The van der Waals surface area contributed by atoms with Gasteiger partial charge in [0.2, 0.25) is 23.6 Å². The molecule has 1 saturated heterocycles. The molecule has 0 bridgehead atoms. The van der Waals surface area contributed by atoms with Crippen molar-refractivity contribution in [1.82, 2.24) is 10.7 Å². The lowest BCUT2D eigenvalue weighted by Gasteiger charge is -2.07. The molecule has 32 heteroatoms. The SMILES string of the molecule is CSCC[C@H](N)C(=O)O.NC(=O)CC[C@H](N)C(=O)O.NC(=O)CC[C@H](N)C(=O)O.NC(=O)CC[C@H](N)C(=O)O.NN[C@@H](CCC(N)=O)C(=O)O.N[C@@H](CS)C(=O)O.O=C(O)[C@@H]1CCCN1. The van der Waals surface area contributed by atoms with Gasteiger partial charge in [-0.2, -0.15) is 24.4 Å². The van der Waals surface area contributed by atoms with Crippen LogP contribution in [0.3, 0.4) is 0 Å². The van der Waals surface area contributed by atoms with Crippen LogP contribution >= 0.6 is 24.4 Å². The van der Waals surface area contributed by atoms with Crippen LogP contribution in [-0.2, 0) is 52.7 Å². The highest BCUT2D eigenvalue weighted by molar-refractivity contribution is 7.98. The van der Waals surface area contributed by atoms with Crippen molar-refractivity contribution in [2.24, 2.45) is 57.4 Å². The number of carbonyl (C=O) groups excluding carboxylic acids is 4. The third kappa shape index (κ3) is 56.5. The second-order valence-electron chi connectivity index (χ2n) is 12.8. The van der Waals surface area contributed by atoms with Crippen molar-refractivity contribution in [2.45, 2.75) is 113 Å². The molecule has 1 aliphatic rings. The van der Waals surface area contributed by atoms with Gasteiger partial charge >= 0.3 is 41.8 Å². The van der Waals surface area contributed by atoms with E-state index in [0.29, 0.717) is 6.42 Å². The third-order valence-electron chi connectivity index (χ3n) is 7.06. The van der Waals surface area contributed by atoms with Gasteiger partial charge < -0.3 is 92.7 Å². The second kappa shape index (κ2) is 45.1. The van der Waals surface area contributed by atoms with Gasteiger partial charge in [-0.25, -0.2) is 5.43 Å². The Bertz CT molecular complexity index is 1370. The Morgan fingerprint density at radius 3 is 1.03 bits per heavy atom. The van der Waals surface area contributed by atoms with Crippen LogP contribution in [0.2, 0.25) is 0 Å². The van der Waals surface area contributed by atoms with Crippen LogP contribution < -0.4 is 68.2 Å². The summed E-state index contributed by atoms with van der Waals surface area (Å²) in [5.41, 5.74) is 46.4. The zero-order valence-electron chi connectivity index (χ0n) is 35.7. The molecular weight excluding hydrogens is 917 g/mol. The van der Waals surface area contributed by atoms with E-state index < -0.39 is 102 Å². The highest BCUT2D eigenvalue weighted by atomic mass is 32.2. The number of carboxylic acid groups (broad SMARTS) is 7. The summed E-state index contributed by atoms with van der Waals surface area (Å²) in [4.78, 5) is 111. The number of thioether (sulfide) groups is 1. The first kappa shape index (κ1) is 71.2. The molecule has 0 aliphatic carbocycles. The van der Waals surface area contributed by atoms with Gasteiger partial charge in [0.25, 0.3) is 0 Å². The van der Waals surface area contributed by atoms with Gasteiger partial charge in [0.1, 0.15) is 42.3 Å². The molecule has 0 spiro atoms. The number of nitrogens with one attached hydrogen (secondary N) is 2. The summed E-state index contributed by atoms with van der Waals surface area (Å²) in [6.07, 6.45) is 4.76. The summed E-state index contributed by atoms with van der Waals surface area (Å²) in [5.74, 6) is -3.30.